The van der Waals surface area contributed by atoms with E-state index in [1.807, 2.05) is 25.4 Å². The van der Waals surface area contributed by atoms with Crippen LogP contribution < -0.4 is 11.1 Å². The van der Waals surface area contributed by atoms with Crippen LogP contribution in [0.1, 0.15) is 36.6 Å². The number of nitrogens with one attached hydrogen (secondary N) is 1. The standard InChI is InChI=1S/C16H22N6/c1-18-15-12(5-4-8-19-15)11-22-10-3-2-6-14(22)13-7-9-20-16(17)21-13/h4-5,7-9,14H,2-3,6,10-11H2,1H3,(H,18,19)(H2,17,20,21)/t14-/m0/s1. The number of anilines is 2. The van der Waals surface area contributed by atoms with Crippen LogP contribution in [0.4, 0.5) is 11.8 Å². The zero-order chi connectivity index (χ0) is 15.4. The Kier molecular flexibility index (Phi) is 4.48. The van der Waals surface area contributed by atoms with Gasteiger partial charge < -0.3 is 11.1 Å². The van der Waals surface area contributed by atoms with Crippen molar-refractivity contribution in [3.05, 3.63) is 41.9 Å². The molecule has 0 bridgehead atoms. The third-order valence-electron chi connectivity index (χ3n) is 4.15. The molecule has 3 N–H and O–H groups in total. The van der Waals surface area contributed by atoms with Crippen molar-refractivity contribution < 1.29 is 0 Å². The number of hydrogen-bond donors (Lipinski definition) is 2. The van der Waals surface area contributed by atoms with Crippen LogP contribution in [0.2, 0.25) is 0 Å². The largest absolute Gasteiger partial charge is 0.373 e. The van der Waals surface area contributed by atoms with Crippen molar-refractivity contribution in [2.24, 2.45) is 0 Å². The molecule has 3 rings (SSSR count). The zero-order valence-electron chi connectivity index (χ0n) is 12.9. The Morgan fingerprint density at radius 3 is 3.00 bits per heavy atom. The number of rotatable bonds is 4. The lowest BCUT2D eigenvalue weighted by molar-refractivity contribution is 0.137. The summed E-state index contributed by atoms with van der Waals surface area (Å²) in [5.74, 6) is 1.29. The number of likely N-dealkylation sites (tertiary alicyclic amines) is 1. The van der Waals surface area contributed by atoms with E-state index < -0.39 is 0 Å². The van der Waals surface area contributed by atoms with E-state index in [0.29, 0.717) is 12.0 Å². The molecule has 0 unspecified atom stereocenters. The first-order valence-electron chi connectivity index (χ1n) is 7.72. The minimum Gasteiger partial charge on any atom is -0.373 e. The smallest absolute Gasteiger partial charge is 0.220 e. The Labute approximate surface area is 130 Å². The van der Waals surface area contributed by atoms with Crippen LogP contribution in [0.25, 0.3) is 0 Å². The van der Waals surface area contributed by atoms with Gasteiger partial charge in [-0.15, -0.1) is 0 Å². The predicted molar refractivity (Wildman–Crippen MR) is 87.2 cm³/mol. The molecule has 6 nitrogen and oxygen atoms in total. The molecular formula is C16H22N6. The van der Waals surface area contributed by atoms with Crippen LogP contribution in [-0.2, 0) is 6.54 Å². The number of nitrogens with zero attached hydrogens (tertiary/aromatic N) is 4. The minimum absolute atomic E-state index is 0.295. The van der Waals surface area contributed by atoms with E-state index >= 15 is 0 Å². The molecule has 0 saturated carbocycles. The molecule has 1 fully saturated rings. The summed E-state index contributed by atoms with van der Waals surface area (Å²) in [5, 5.41) is 3.17. The first-order valence-corrected chi connectivity index (χ1v) is 7.72. The Bertz CT molecular complexity index is 630. The molecule has 6 heteroatoms. The van der Waals surface area contributed by atoms with Gasteiger partial charge in [-0.25, -0.2) is 15.0 Å². The Morgan fingerprint density at radius 1 is 1.27 bits per heavy atom. The lowest BCUT2D eigenvalue weighted by Crippen LogP contribution is -2.33. The van der Waals surface area contributed by atoms with Gasteiger partial charge in [0, 0.05) is 31.5 Å². The highest BCUT2D eigenvalue weighted by Gasteiger charge is 2.26. The molecule has 116 valence electrons. The van der Waals surface area contributed by atoms with Gasteiger partial charge in [-0.2, -0.15) is 0 Å². The maximum Gasteiger partial charge on any atom is 0.220 e. The molecule has 0 spiro atoms. The van der Waals surface area contributed by atoms with Crippen molar-refractivity contribution >= 4 is 11.8 Å². The molecule has 1 aliphatic heterocycles. The van der Waals surface area contributed by atoms with Gasteiger partial charge in [-0.1, -0.05) is 12.5 Å². The van der Waals surface area contributed by atoms with Gasteiger partial charge in [0.25, 0.3) is 0 Å². The second-order valence-corrected chi connectivity index (χ2v) is 5.58. The molecule has 0 amide bonds. The molecule has 0 aliphatic carbocycles. The van der Waals surface area contributed by atoms with E-state index in [4.69, 9.17) is 5.73 Å². The molecule has 2 aromatic rings. The number of aromatic nitrogens is 3. The summed E-state index contributed by atoms with van der Waals surface area (Å²) in [5.41, 5.74) is 7.97. The van der Waals surface area contributed by atoms with Crippen LogP contribution in [0, 0.1) is 0 Å². The van der Waals surface area contributed by atoms with Gasteiger partial charge in [0.2, 0.25) is 5.95 Å². The monoisotopic (exact) mass is 298 g/mol. The second kappa shape index (κ2) is 6.70. The summed E-state index contributed by atoms with van der Waals surface area (Å²) in [6, 6.07) is 6.38. The van der Waals surface area contributed by atoms with Crippen LogP contribution in [0.5, 0.6) is 0 Å². The number of piperidine rings is 1. The SMILES string of the molecule is CNc1ncccc1CN1CCCC[C@H]1c1ccnc(N)n1. The minimum atomic E-state index is 0.295. The van der Waals surface area contributed by atoms with Crippen molar-refractivity contribution in [1.29, 1.82) is 0 Å². The summed E-state index contributed by atoms with van der Waals surface area (Å²) >= 11 is 0. The lowest BCUT2D eigenvalue weighted by atomic mass is 9.98. The quantitative estimate of drug-likeness (QED) is 0.901. The lowest BCUT2D eigenvalue weighted by Gasteiger charge is -2.35. The molecule has 1 atom stereocenters. The van der Waals surface area contributed by atoms with E-state index in [0.717, 1.165) is 31.0 Å². The Morgan fingerprint density at radius 2 is 2.18 bits per heavy atom. The molecular weight excluding hydrogens is 276 g/mol. The van der Waals surface area contributed by atoms with Crippen molar-refractivity contribution in [3.8, 4) is 0 Å². The van der Waals surface area contributed by atoms with E-state index in [2.05, 4.69) is 31.2 Å². The van der Waals surface area contributed by atoms with Crippen LogP contribution in [-0.4, -0.2) is 33.4 Å². The van der Waals surface area contributed by atoms with Crippen LogP contribution in [0.15, 0.2) is 30.6 Å². The van der Waals surface area contributed by atoms with E-state index in [9.17, 15) is 0 Å². The average Bonchev–Trinajstić information content (AvgIpc) is 2.56. The van der Waals surface area contributed by atoms with Gasteiger partial charge in [0.1, 0.15) is 5.82 Å². The van der Waals surface area contributed by atoms with Crippen LogP contribution >= 0.6 is 0 Å². The number of hydrogen-bond acceptors (Lipinski definition) is 6. The molecule has 0 aromatic carbocycles. The van der Waals surface area contributed by atoms with E-state index in [1.165, 1.54) is 18.4 Å². The Balaban J connectivity index is 1.84. The highest BCUT2D eigenvalue weighted by molar-refractivity contribution is 5.43. The van der Waals surface area contributed by atoms with Gasteiger partial charge in [0.15, 0.2) is 0 Å². The summed E-state index contributed by atoms with van der Waals surface area (Å²) in [4.78, 5) is 15.3. The van der Waals surface area contributed by atoms with Gasteiger partial charge in [-0.05, 0) is 31.5 Å². The summed E-state index contributed by atoms with van der Waals surface area (Å²) in [7, 11) is 1.91. The first kappa shape index (κ1) is 14.7. The summed E-state index contributed by atoms with van der Waals surface area (Å²) < 4.78 is 0. The number of nitrogens with two attached hydrogens (primary N) is 1. The van der Waals surface area contributed by atoms with Crippen molar-refractivity contribution in [1.82, 2.24) is 19.9 Å². The highest BCUT2D eigenvalue weighted by atomic mass is 15.2. The fourth-order valence-corrected chi connectivity index (χ4v) is 3.10. The molecule has 22 heavy (non-hydrogen) atoms. The highest BCUT2D eigenvalue weighted by Crippen LogP contribution is 2.31. The summed E-state index contributed by atoms with van der Waals surface area (Å²) in [6.07, 6.45) is 7.09. The predicted octanol–water partition coefficient (Wildman–Crippen LogP) is 2.22. The molecule has 1 saturated heterocycles. The van der Waals surface area contributed by atoms with E-state index in [1.54, 1.807) is 6.20 Å². The maximum absolute atomic E-state index is 5.75. The number of nitrogen functional groups attached to an aromatic ring is 1. The Hall–Kier alpha value is -2.21. The van der Waals surface area contributed by atoms with Crippen molar-refractivity contribution in [3.63, 3.8) is 0 Å². The molecule has 0 radical (unpaired) electrons. The third kappa shape index (κ3) is 3.17. The van der Waals surface area contributed by atoms with Gasteiger partial charge in [0.05, 0.1) is 11.7 Å². The molecule has 3 heterocycles. The number of pyridine rings is 1. The maximum atomic E-state index is 5.75. The van der Waals surface area contributed by atoms with Gasteiger partial charge >= 0.3 is 0 Å². The third-order valence-corrected chi connectivity index (χ3v) is 4.15. The topological polar surface area (TPSA) is 80.0 Å². The normalized spacial score (nSPS) is 19.0. The first-order chi connectivity index (χ1) is 10.8. The molecule has 1 aliphatic rings. The van der Waals surface area contributed by atoms with Crippen molar-refractivity contribution in [2.45, 2.75) is 31.8 Å². The van der Waals surface area contributed by atoms with Crippen molar-refractivity contribution in [2.75, 3.05) is 24.6 Å². The zero-order valence-corrected chi connectivity index (χ0v) is 12.9. The fourth-order valence-electron chi connectivity index (χ4n) is 3.10. The van der Waals surface area contributed by atoms with E-state index in [-0.39, 0.29) is 0 Å². The average molecular weight is 298 g/mol. The molecule has 2 aromatic heterocycles. The van der Waals surface area contributed by atoms with Gasteiger partial charge in [-0.3, -0.25) is 4.90 Å². The van der Waals surface area contributed by atoms with Crippen LogP contribution in [0.3, 0.4) is 0 Å². The second-order valence-electron chi connectivity index (χ2n) is 5.58. The fraction of sp³-hybridized carbons (Fsp3) is 0.438. The summed E-state index contributed by atoms with van der Waals surface area (Å²) in [6.45, 7) is 1.92.